The summed E-state index contributed by atoms with van der Waals surface area (Å²) >= 11 is 11.7. The summed E-state index contributed by atoms with van der Waals surface area (Å²) in [5.74, 6) is 0.974. The van der Waals surface area contributed by atoms with Crippen LogP contribution in [0.5, 0.6) is 5.75 Å². The molecular formula is C12H8Cl2N4O. The molecule has 0 unspecified atom stereocenters. The largest absolute Gasteiger partial charge is 0.479 e. The summed E-state index contributed by atoms with van der Waals surface area (Å²) in [7, 11) is 0. The molecule has 7 heteroatoms. The van der Waals surface area contributed by atoms with Crippen LogP contribution in [0.25, 0.3) is 0 Å². The summed E-state index contributed by atoms with van der Waals surface area (Å²) in [5, 5.41) is 11.9. The van der Waals surface area contributed by atoms with E-state index in [0.717, 1.165) is 0 Å². The number of rotatable bonds is 4. The summed E-state index contributed by atoms with van der Waals surface area (Å²) in [4.78, 5) is 7.74. The van der Waals surface area contributed by atoms with Crippen molar-refractivity contribution in [2.24, 2.45) is 0 Å². The van der Waals surface area contributed by atoms with Crippen LogP contribution in [0.3, 0.4) is 0 Å². The summed E-state index contributed by atoms with van der Waals surface area (Å²) in [6, 6.07) is 8.97. The molecule has 5 nitrogen and oxygen atoms in total. The topological polar surface area (TPSA) is 70.8 Å². The third-order valence-electron chi connectivity index (χ3n) is 2.11. The van der Waals surface area contributed by atoms with E-state index in [0.29, 0.717) is 22.3 Å². The third kappa shape index (κ3) is 3.71. The summed E-state index contributed by atoms with van der Waals surface area (Å²) in [6.45, 7) is -0.0104. The van der Waals surface area contributed by atoms with E-state index in [4.69, 9.17) is 33.2 Å². The molecule has 0 saturated heterocycles. The Kier molecular flexibility index (Phi) is 4.39. The Hall–Kier alpha value is -2.03. The lowest BCUT2D eigenvalue weighted by Gasteiger charge is -2.08. The average molecular weight is 295 g/mol. The van der Waals surface area contributed by atoms with Gasteiger partial charge in [0, 0.05) is 11.8 Å². The second kappa shape index (κ2) is 6.23. The maximum Gasteiger partial charge on any atom is 0.224 e. The van der Waals surface area contributed by atoms with Crippen molar-refractivity contribution in [3.63, 3.8) is 0 Å². The number of ether oxygens (including phenoxy) is 1. The first kappa shape index (κ1) is 13.4. The zero-order valence-corrected chi connectivity index (χ0v) is 11.1. The van der Waals surface area contributed by atoms with Crippen LogP contribution in [-0.4, -0.2) is 16.6 Å². The number of aromatic nitrogens is 2. The monoisotopic (exact) mass is 294 g/mol. The number of benzene rings is 1. The molecule has 0 radical (unpaired) electrons. The van der Waals surface area contributed by atoms with Crippen LogP contribution in [0.2, 0.25) is 10.3 Å². The highest BCUT2D eigenvalue weighted by Crippen LogP contribution is 2.25. The smallest absolute Gasteiger partial charge is 0.224 e. The van der Waals surface area contributed by atoms with Crippen molar-refractivity contribution in [2.75, 3.05) is 11.9 Å². The van der Waals surface area contributed by atoms with Gasteiger partial charge in [-0.15, -0.1) is 0 Å². The van der Waals surface area contributed by atoms with Gasteiger partial charge in [0.25, 0.3) is 0 Å². The maximum absolute atomic E-state index is 8.46. The molecule has 1 heterocycles. The van der Waals surface area contributed by atoms with Crippen LogP contribution in [0.4, 0.5) is 11.5 Å². The number of nitriles is 1. The Morgan fingerprint density at radius 3 is 3.00 bits per heavy atom. The lowest BCUT2D eigenvalue weighted by atomic mass is 10.3. The molecule has 0 aliphatic carbocycles. The van der Waals surface area contributed by atoms with Crippen LogP contribution < -0.4 is 10.1 Å². The Balaban J connectivity index is 2.19. The number of anilines is 2. The van der Waals surface area contributed by atoms with Gasteiger partial charge in [-0.3, -0.25) is 0 Å². The molecule has 1 aromatic carbocycles. The van der Waals surface area contributed by atoms with E-state index in [1.54, 1.807) is 18.2 Å². The lowest BCUT2D eigenvalue weighted by molar-refractivity contribution is 0.368. The molecule has 96 valence electrons. The molecule has 0 bridgehead atoms. The third-order valence-corrected chi connectivity index (χ3v) is 2.57. The molecular weight excluding hydrogens is 287 g/mol. The first-order valence-corrected chi connectivity index (χ1v) is 5.99. The maximum atomic E-state index is 8.46. The fourth-order valence-electron chi connectivity index (χ4n) is 1.35. The standard InChI is InChI=1S/C12H8Cl2N4O/c13-10-7-16-12(14)18-11(10)17-8-2-1-3-9(6-8)19-5-4-15/h1-3,6-7H,5H2,(H,16,17,18). The van der Waals surface area contributed by atoms with Crippen molar-refractivity contribution in [3.05, 3.63) is 40.8 Å². The van der Waals surface area contributed by atoms with Crippen LogP contribution >= 0.6 is 23.2 Å². The SMILES string of the molecule is N#CCOc1cccc(Nc2nc(Cl)ncc2Cl)c1. The van der Waals surface area contributed by atoms with Gasteiger partial charge in [0.1, 0.15) is 16.8 Å². The molecule has 0 saturated carbocycles. The molecule has 2 aromatic rings. The van der Waals surface area contributed by atoms with Gasteiger partial charge < -0.3 is 10.1 Å². The van der Waals surface area contributed by atoms with E-state index in [1.807, 2.05) is 12.1 Å². The predicted molar refractivity (Wildman–Crippen MR) is 72.9 cm³/mol. The molecule has 0 aliphatic heterocycles. The van der Waals surface area contributed by atoms with Crippen molar-refractivity contribution in [1.82, 2.24) is 9.97 Å². The molecule has 2 rings (SSSR count). The van der Waals surface area contributed by atoms with Gasteiger partial charge in [0.15, 0.2) is 12.4 Å². The second-order valence-electron chi connectivity index (χ2n) is 3.44. The van der Waals surface area contributed by atoms with E-state index < -0.39 is 0 Å². The minimum atomic E-state index is -0.0104. The molecule has 0 spiro atoms. The van der Waals surface area contributed by atoms with Crippen LogP contribution in [-0.2, 0) is 0 Å². The Labute approximate surface area is 119 Å². The molecule has 0 fully saturated rings. The van der Waals surface area contributed by atoms with Crippen molar-refractivity contribution in [2.45, 2.75) is 0 Å². The highest BCUT2D eigenvalue weighted by molar-refractivity contribution is 6.33. The Morgan fingerprint density at radius 1 is 1.37 bits per heavy atom. The van der Waals surface area contributed by atoms with Gasteiger partial charge in [-0.1, -0.05) is 17.7 Å². The zero-order valence-electron chi connectivity index (χ0n) is 9.60. The number of hydrogen-bond acceptors (Lipinski definition) is 5. The van der Waals surface area contributed by atoms with E-state index in [2.05, 4.69) is 15.3 Å². The van der Waals surface area contributed by atoms with Gasteiger partial charge in [0.05, 0.1) is 6.20 Å². The fourth-order valence-corrected chi connectivity index (χ4v) is 1.62. The first-order chi connectivity index (χ1) is 9.19. The van der Waals surface area contributed by atoms with Crippen LogP contribution in [0, 0.1) is 11.3 Å². The lowest BCUT2D eigenvalue weighted by Crippen LogP contribution is -1.98. The number of hydrogen-bond donors (Lipinski definition) is 1. The van der Waals surface area contributed by atoms with Crippen molar-refractivity contribution < 1.29 is 4.74 Å². The van der Waals surface area contributed by atoms with Gasteiger partial charge in [-0.05, 0) is 23.7 Å². The summed E-state index contributed by atoms with van der Waals surface area (Å²) < 4.78 is 5.19. The van der Waals surface area contributed by atoms with Gasteiger partial charge >= 0.3 is 0 Å². The van der Waals surface area contributed by atoms with Crippen LogP contribution in [0.15, 0.2) is 30.5 Å². The molecule has 1 aromatic heterocycles. The minimum Gasteiger partial charge on any atom is -0.479 e. The first-order valence-electron chi connectivity index (χ1n) is 5.24. The highest BCUT2D eigenvalue weighted by Gasteiger charge is 2.05. The molecule has 0 amide bonds. The number of nitrogens with zero attached hydrogens (tertiary/aromatic N) is 3. The fraction of sp³-hybridized carbons (Fsp3) is 0.0833. The van der Waals surface area contributed by atoms with Crippen LogP contribution in [0.1, 0.15) is 0 Å². The van der Waals surface area contributed by atoms with Gasteiger partial charge in [0.2, 0.25) is 5.28 Å². The molecule has 0 aliphatic rings. The van der Waals surface area contributed by atoms with Crippen molar-refractivity contribution in [1.29, 1.82) is 5.26 Å². The van der Waals surface area contributed by atoms with E-state index >= 15 is 0 Å². The van der Waals surface area contributed by atoms with E-state index in [-0.39, 0.29) is 11.9 Å². The predicted octanol–water partition coefficient (Wildman–Crippen LogP) is 3.43. The molecule has 0 atom stereocenters. The second-order valence-corrected chi connectivity index (χ2v) is 4.18. The quantitative estimate of drug-likeness (QED) is 0.875. The number of halogens is 2. The summed E-state index contributed by atoms with van der Waals surface area (Å²) in [5.41, 5.74) is 0.715. The summed E-state index contributed by atoms with van der Waals surface area (Å²) in [6.07, 6.45) is 1.41. The van der Waals surface area contributed by atoms with Gasteiger partial charge in [-0.2, -0.15) is 10.2 Å². The normalized spacial score (nSPS) is 9.74. The highest BCUT2D eigenvalue weighted by atomic mass is 35.5. The van der Waals surface area contributed by atoms with E-state index in [9.17, 15) is 0 Å². The van der Waals surface area contributed by atoms with E-state index in [1.165, 1.54) is 6.20 Å². The molecule has 19 heavy (non-hydrogen) atoms. The van der Waals surface area contributed by atoms with Gasteiger partial charge in [-0.25, -0.2) is 4.98 Å². The zero-order chi connectivity index (χ0) is 13.7. The molecule has 1 N–H and O–H groups in total. The Bertz CT molecular complexity index is 627. The van der Waals surface area contributed by atoms with Crippen molar-refractivity contribution in [3.8, 4) is 11.8 Å². The minimum absolute atomic E-state index is 0.0104. The average Bonchev–Trinajstić information content (AvgIpc) is 2.41. The van der Waals surface area contributed by atoms with Crippen molar-refractivity contribution >= 4 is 34.7 Å². The Morgan fingerprint density at radius 2 is 2.21 bits per heavy atom. The number of nitrogens with one attached hydrogen (secondary N) is 1.